The van der Waals surface area contributed by atoms with Gasteiger partial charge in [0, 0.05) is 18.9 Å². The molecule has 1 aromatic rings. The SMILES string of the molecule is Cc1ccc(F)cc1O[C@H]1C[C@@H](O)[C@@H](O)C1. The Kier molecular flexibility index (Phi) is 3.12. The molecule has 16 heavy (non-hydrogen) atoms. The molecule has 3 atom stereocenters. The molecule has 1 aliphatic carbocycles. The van der Waals surface area contributed by atoms with E-state index in [9.17, 15) is 14.6 Å². The van der Waals surface area contributed by atoms with Gasteiger partial charge in [0.1, 0.15) is 17.7 Å². The quantitative estimate of drug-likeness (QED) is 0.801. The highest BCUT2D eigenvalue weighted by Gasteiger charge is 2.33. The van der Waals surface area contributed by atoms with Crippen molar-refractivity contribution in [3.63, 3.8) is 0 Å². The smallest absolute Gasteiger partial charge is 0.126 e. The molecule has 3 nitrogen and oxygen atoms in total. The van der Waals surface area contributed by atoms with Gasteiger partial charge in [-0.05, 0) is 18.6 Å². The summed E-state index contributed by atoms with van der Waals surface area (Å²) in [5, 5.41) is 18.7. The van der Waals surface area contributed by atoms with E-state index in [-0.39, 0.29) is 11.9 Å². The summed E-state index contributed by atoms with van der Waals surface area (Å²) in [4.78, 5) is 0. The molecule has 0 amide bonds. The first kappa shape index (κ1) is 11.4. The second-order valence-corrected chi connectivity index (χ2v) is 4.26. The van der Waals surface area contributed by atoms with Crippen molar-refractivity contribution in [1.29, 1.82) is 0 Å². The number of ether oxygens (including phenoxy) is 1. The predicted molar refractivity (Wildman–Crippen MR) is 56.8 cm³/mol. The predicted octanol–water partition coefficient (Wildman–Crippen LogP) is 1.40. The molecule has 0 saturated heterocycles. The third-order valence-electron chi connectivity index (χ3n) is 2.90. The monoisotopic (exact) mass is 226 g/mol. The fourth-order valence-electron chi connectivity index (χ4n) is 1.93. The van der Waals surface area contributed by atoms with Gasteiger partial charge in [-0.25, -0.2) is 4.39 Å². The summed E-state index contributed by atoms with van der Waals surface area (Å²) in [6, 6.07) is 4.35. The molecule has 88 valence electrons. The van der Waals surface area contributed by atoms with Gasteiger partial charge >= 0.3 is 0 Å². The van der Waals surface area contributed by atoms with Crippen LogP contribution in [0.1, 0.15) is 18.4 Å². The Balaban J connectivity index is 2.07. The normalized spacial score (nSPS) is 29.4. The van der Waals surface area contributed by atoms with E-state index in [0.29, 0.717) is 18.6 Å². The maximum atomic E-state index is 13.0. The molecule has 0 aliphatic heterocycles. The van der Waals surface area contributed by atoms with Crippen LogP contribution >= 0.6 is 0 Å². The standard InChI is InChI=1S/C12H15FO3/c1-7-2-3-8(13)4-12(7)16-9-5-10(14)11(15)6-9/h2-4,9-11,14-15H,5-6H2,1H3/t9-,10+,11-. The molecule has 2 N–H and O–H groups in total. The van der Waals surface area contributed by atoms with Crippen LogP contribution < -0.4 is 4.74 Å². The van der Waals surface area contributed by atoms with Crippen molar-refractivity contribution in [2.45, 2.75) is 38.1 Å². The van der Waals surface area contributed by atoms with E-state index in [1.54, 1.807) is 6.07 Å². The number of hydrogen-bond acceptors (Lipinski definition) is 3. The highest BCUT2D eigenvalue weighted by molar-refractivity contribution is 5.32. The summed E-state index contributed by atoms with van der Waals surface area (Å²) < 4.78 is 18.6. The average molecular weight is 226 g/mol. The molecule has 0 aromatic heterocycles. The summed E-state index contributed by atoms with van der Waals surface area (Å²) in [7, 11) is 0. The molecule has 0 bridgehead atoms. The first-order valence-corrected chi connectivity index (χ1v) is 5.35. The van der Waals surface area contributed by atoms with Crippen LogP contribution in [0.2, 0.25) is 0 Å². The first-order valence-electron chi connectivity index (χ1n) is 5.35. The van der Waals surface area contributed by atoms with E-state index in [1.165, 1.54) is 12.1 Å². The van der Waals surface area contributed by atoms with Crippen LogP contribution in [0.3, 0.4) is 0 Å². The number of halogens is 1. The summed E-state index contributed by atoms with van der Waals surface area (Å²) in [6.07, 6.45) is -0.947. The van der Waals surface area contributed by atoms with Gasteiger partial charge in [-0.15, -0.1) is 0 Å². The molecule has 1 fully saturated rings. The summed E-state index contributed by atoms with van der Waals surface area (Å²) in [5.41, 5.74) is 0.845. The fourth-order valence-corrected chi connectivity index (χ4v) is 1.93. The van der Waals surface area contributed by atoms with E-state index < -0.39 is 12.2 Å². The van der Waals surface area contributed by atoms with Gasteiger partial charge < -0.3 is 14.9 Å². The van der Waals surface area contributed by atoms with Crippen molar-refractivity contribution < 1.29 is 19.3 Å². The highest BCUT2D eigenvalue weighted by atomic mass is 19.1. The lowest BCUT2D eigenvalue weighted by Gasteiger charge is -2.15. The summed E-state index contributed by atoms with van der Waals surface area (Å²) in [6.45, 7) is 1.83. The van der Waals surface area contributed by atoms with Crippen molar-refractivity contribution in [1.82, 2.24) is 0 Å². The number of aliphatic hydroxyl groups is 2. The van der Waals surface area contributed by atoms with E-state index >= 15 is 0 Å². The molecule has 2 rings (SSSR count). The van der Waals surface area contributed by atoms with Gasteiger partial charge in [0.2, 0.25) is 0 Å². The number of aliphatic hydroxyl groups excluding tert-OH is 2. The van der Waals surface area contributed by atoms with Crippen molar-refractivity contribution in [2.24, 2.45) is 0 Å². The number of aryl methyl sites for hydroxylation is 1. The molecule has 0 heterocycles. The molecule has 1 aromatic carbocycles. The largest absolute Gasteiger partial charge is 0.490 e. The van der Waals surface area contributed by atoms with Crippen LogP contribution in [-0.2, 0) is 0 Å². The molecular weight excluding hydrogens is 211 g/mol. The minimum atomic E-state index is -0.737. The van der Waals surface area contributed by atoms with Crippen LogP contribution in [0, 0.1) is 12.7 Å². The fraction of sp³-hybridized carbons (Fsp3) is 0.500. The van der Waals surface area contributed by atoms with Crippen molar-refractivity contribution >= 4 is 0 Å². The summed E-state index contributed by atoms with van der Waals surface area (Å²) >= 11 is 0. The van der Waals surface area contributed by atoms with Gasteiger partial charge in [-0.3, -0.25) is 0 Å². The van der Waals surface area contributed by atoms with E-state index in [0.717, 1.165) is 5.56 Å². The van der Waals surface area contributed by atoms with Crippen molar-refractivity contribution in [2.75, 3.05) is 0 Å². The van der Waals surface area contributed by atoms with Crippen molar-refractivity contribution in [3.05, 3.63) is 29.6 Å². The van der Waals surface area contributed by atoms with Gasteiger partial charge in [-0.2, -0.15) is 0 Å². The number of rotatable bonds is 2. The zero-order valence-corrected chi connectivity index (χ0v) is 9.06. The van der Waals surface area contributed by atoms with Crippen LogP contribution in [0.4, 0.5) is 4.39 Å². The topological polar surface area (TPSA) is 49.7 Å². The lowest BCUT2D eigenvalue weighted by atomic mass is 10.2. The molecule has 0 radical (unpaired) electrons. The van der Waals surface area contributed by atoms with E-state index in [1.807, 2.05) is 6.92 Å². The Hall–Kier alpha value is -1.13. The maximum Gasteiger partial charge on any atom is 0.126 e. The van der Waals surface area contributed by atoms with Gasteiger partial charge in [0.15, 0.2) is 0 Å². The Labute approximate surface area is 93.5 Å². The zero-order chi connectivity index (χ0) is 11.7. The van der Waals surface area contributed by atoms with E-state index in [2.05, 4.69) is 0 Å². The van der Waals surface area contributed by atoms with Crippen LogP contribution in [0.5, 0.6) is 5.75 Å². The molecular formula is C12H15FO3. The second kappa shape index (κ2) is 4.39. The third-order valence-corrected chi connectivity index (χ3v) is 2.90. The lowest BCUT2D eigenvalue weighted by molar-refractivity contribution is 0.0438. The average Bonchev–Trinajstić information content (AvgIpc) is 2.52. The Morgan fingerprint density at radius 2 is 1.88 bits per heavy atom. The molecule has 0 spiro atoms. The first-order chi connectivity index (χ1) is 7.56. The zero-order valence-electron chi connectivity index (χ0n) is 9.06. The molecule has 0 unspecified atom stereocenters. The number of hydrogen-bond donors (Lipinski definition) is 2. The maximum absolute atomic E-state index is 13.0. The molecule has 4 heteroatoms. The lowest BCUT2D eigenvalue weighted by Crippen LogP contribution is -2.17. The van der Waals surface area contributed by atoms with E-state index in [4.69, 9.17) is 4.74 Å². The second-order valence-electron chi connectivity index (χ2n) is 4.26. The molecule has 1 aliphatic rings. The highest BCUT2D eigenvalue weighted by Crippen LogP contribution is 2.27. The Morgan fingerprint density at radius 1 is 1.25 bits per heavy atom. The van der Waals surface area contributed by atoms with Crippen LogP contribution in [0.15, 0.2) is 18.2 Å². The minimum Gasteiger partial charge on any atom is -0.490 e. The van der Waals surface area contributed by atoms with Crippen LogP contribution in [-0.4, -0.2) is 28.5 Å². The van der Waals surface area contributed by atoms with Gasteiger partial charge in [-0.1, -0.05) is 6.07 Å². The van der Waals surface area contributed by atoms with Crippen LogP contribution in [0.25, 0.3) is 0 Å². The van der Waals surface area contributed by atoms with Gasteiger partial charge in [0.05, 0.1) is 12.2 Å². The summed E-state index contributed by atoms with van der Waals surface area (Å²) in [5.74, 6) is 0.131. The van der Waals surface area contributed by atoms with Crippen molar-refractivity contribution in [3.8, 4) is 5.75 Å². The Bertz CT molecular complexity index is 371. The number of benzene rings is 1. The Morgan fingerprint density at radius 3 is 2.50 bits per heavy atom. The van der Waals surface area contributed by atoms with Gasteiger partial charge in [0.25, 0.3) is 0 Å². The molecule has 1 saturated carbocycles. The minimum absolute atomic E-state index is 0.245. The third kappa shape index (κ3) is 2.33.